The Morgan fingerprint density at radius 3 is 2.50 bits per heavy atom. The lowest BCUT2D eigenvalue weighted by Crippen LogP contribution is -2.30. The molecule has 1 rings (SSSR count). The van der Waals surface area contributed by atoms with E-state index in [1.54, 1.807) is 4.68 Å². The average Bonchev–Trinajstić information content (AvgIpc) is 2.83. The number of rotatable bonds is 7. The topological polar surface area (TPSA) is 46.9 Å². The fourth-order valence-electron chi connectivity index (χ4n) is 1.97. The summed E-state index contributed by atoms with van der Waals surface area (Å²) in [7, 11) is 0. The zero-order chi connectivity index (χ0) is 13.5. The summed E-state index contributed by atoms with van der Waals surface area (Å²) in [6, 6.07) is 1.89. The Balaban J connectivity index is 2.68. The van der Waals surface area contributed by atoms with E-state index < -0.39 is 0 Å². The van der Waals surface area contributed by atoms with Crippen molar-refractivity contribution < 1.29 is 4.79 Å². The van der Waals surface area contributed by atoms with Gasteiger partial charge < -0.3 is 5.32 Å². The molecule has 0 spiro atoms. The van der Waals surface area contributed by atoms with Crippen molar-refractivity contribution in [3.8, 4) is 0 Å². The van der Waals surface area contributed by atoms with Crippen molar-refractivity contribution in [1.29, 1.82) is 0 Å². The summed E-state index contributed by atoms with van der Waals surface area (Å²) < 4.78 is 1.78. The fourth-order valence-corrected chi connectivity index (χ4v) is 1.97. The predicted octanol–water partition coefficient (Wildman–Crippen LogP) is 2.63. The molecule has 0 fully saturated rings. The minimum Gasteiger partial charge on any atom is -0.350 e. The molecule has 18 heavy (non-hydrogen) atoms. The second-order valence-corrected chi connectivity index (χ2v) is 4.58. The highest BCUT2D eigenvalue weighted by atomic mass is 16.2. The van der Waals surface area contributed by atoms with Crippen molar-refractivity contribution in [2.45, 2.75) is 53.5 Å². The number of aromatic nitrogens is 2. The van der Waals surface area contributed by atoms with Crippen molar-refractivity contribution in [2.75, 3.05) is 6.54 Å². The molecule has 1 aromatic heterocycles. The second kappa shape index (κ2) is 7.19. The van der Waals surface area contributed by atoms with Gasteiger partial charge in [-0.15, -0.1) is 0 Å². The number of nitrogens with zero attached hydrogens (tertiary/aromatic N) is 2. The maximum absolute atomic E-state index is 12.1. The molecule has 0 atom stereocenters. The van der Waals surface area contributed by atoms with Crippen LogP contribution in [-0.4, -0.2) is 22.2 Å². The molecule has 0 saturated carbocycles. The Morgan fingerprint density at radius 1 is 1.33 bits per heavy atom. The summed E-state index contributed by atoms with van der Waals surface area (Å²) in [6.07, 6.45) is 3.06. The number of carbonyl (C=O) groups excluding carboxylic acids is 1. The molecule has 0 bridgehead atoms. The number of carbonyl (C=O) groups is 1. The van der Waals surface area contributed by atoms with Crippen LogP contribution in [0.1, 0.15) is 56.7 Å². The summed E-state index contributed by atoms with van der Waals surface area (Å²) in [5.41, 5.74) is 1.66. The predicted molar refractivity (Wildman–Crippen MR) is 73.7 cm³/mol. The zero-order valence-corrected chi connectivity index (χ0v) is 12.0. The summed E-state index contributed by atoms with van der Waals surface area (Å²) in [4.78, 5) is 12.1. The van der Waals surface area contributed by atoms with Crippen LogP contribution in [0.15, 0.2) is 6.07 Å². The lowest BCUT2D eigenvalue weighted by molar-refractivity contribution is 0.0935. The number of aryl methyl sites for hydroxylation is 2. The van der Waals surface area contributed by atoms with E-state index in [1.807, 2.05) is 19.9 Å². The molecule has 1 heterocycles. The van der Waals surface area contributed by atoms with E-state index in [0.29, 0.717) is 11.6 Å². The van der Waals surface area contributed by atoms with E-state index in [-0.39, 0.29) is 5.91 Å². The number of nitrogens with one attached hydrogen (secondary N) is 1. The maximum Gasteiger partial charge on any atom is 0.269 e. The largest absolute Gasteiger partial charge is 0.350 e. The van der Waals surface area contributed by atoms with Gasteiger partial charge in [0, 0.05) is 13.1 Å². The summed E-state index contributed by atoms with van der Waals surface area (Å²) in [5.74, 6) is 0.563. The van der Waals surface area contributed by atoms with Gasteiger partial charge in [0.1, 0.15) is 5.69 Å². The standard InChI is InChI=1S/C14H25N3O/c1-5-11(6-2)10-15-14(18)13-9-12(7-3)16-17(13)8-4/h9,11H,5-8,10H2,1-4H3,(H,15,18). The minimum atomic E-state index is -0.00375. The van der Waals surface area contributed by atoms with Crippen LogP contribution in [0, 0.1) is 5.92 Å². The molecule has 0 radical (unpaired) electrons. The molecule has 4 nitrogen and oxygen atoms in total. The normalized spacial score (nSPS) is 10.9. The fraction of sp³-hybridized carbons (Fsp3) is 0.714. The van der Waals surface area contributed by atoms with Crippen LogP contribution >= 0.6 is 0 Å². The molecule has 0 aromatic carbocycles. The van der Waals surface area contributed by atoms with Gasteiger partial charge in [0.05, 0.1) is 5.69 Å². The van der Waals surface area contributed by atoms with Gasteiger partial charge in [-0.1, -0.05) is 33.6 Å². The monoisotopic (exact) mass is 251 g/mol. The molecule has 102 valence electrons. The lowest BCUT2D eigenvalue weighted by Gasteiger charge is -2.13. The Hall–Kier alpha value is -1.32. The SMILES string of the molecule is CCc1cc(C(=O)NCC(CC)CC)n(CC)n1. The lowest BCUT2D eigenvalue weighted by atomic mass is 10.0. The van der Waals surface area contributed by atoms with Crippen molar-refractivity contribution in [1.82, 2.24) is 15.1 Å². The van der Waals surface area contributed by atoms with Crippen LogP contribution < -0.4 is 5.32 Å². The third-order valence-electron chi connectivity index (χ3n) is 3.43. The average molecular weight is 251 g/mol. The highest BCUT2D eigenvalue weighted by Gasteiger charge is 2.14. The first-order chi connectivity index (χ1) is 8.65. The first-order valence-corrected chi connectivity index (χ1v) is 7.01. The Kier molecular flexibility index (Phi) is 5.89. The molecule has 1 amide bonds. The van der Waals surface area contributed by atoms with Crippen LogP contribution in [0.4, 0.5) is 0 Å². The van der Waals surface area contributed by atoms with Gasteiger partial charge in [-0.2, -0.15) is 5.10 Å². The Labute approximate surface area is 110 Å². The van der Waals surface area contributed by atoms with E-state index in [2.05, 4.69) is 24.3 Å². The van der Waals surface area contributed by atoms with Crippen LogP contribution in [0.25, 0.3) is 0 Å². The van der Waals surface area contributed by atoms with Gasteiger partial charge in [0.2, 0.25) is 0 Å². The van der Waals surface area contributed by atoms with Crippen LogP contribution in [0.3, 0.4) is 0 Å². The first-order valence-electron chi connectivity index (χ1n) is 7.01. The van der Waals surface area contributed by atoms with Crippen molar-refractivity contribution in [2.24, 2.45) is 5.92 Å². The van der Waals surface area contributed by atoms with Gasteiger partial charge >= 0.3 is 0 Å². The van der Waals surface area contributed by atoms with Crippen LogP contribution in [0.5, 0.6) is 0 Å². The summed E-state index contributed by atoms with van der Waals surface area (Å²) >= 11 is 0. The van der Waals surface area contributed by atoms with E-state index in [0.717, 1.165) is 38.0 Å². The Bertz CT molecular complexity index is 380. The molecule has 4 heteroatoms. The number of hydrogen-bond donors (Lipinski definition) is 1. The quantitative estimate of drug-likeness (QED) is 0.809. The highest BCUT2D eigenvalue weighted by Crippen LogP contribution is 2.08. The van der Waals surface area contributed by atoms with E-state index >= 15 is 0 Å². The third kappa shape index (κ3) is 3.59. The highest BCUT2D eigenvalue weighted by molar-refractivity contribution is 5.92. The zero-order valence-electron chi connectivity index (χ0n) is 12.0. The number of hydrogen-bond acceptors (Lipinski definition) is 2. The van der Waals surface area contributed by atoms with E-state index in [1.165, 1.54) is 0 Å². The third-order valence-corrected chi connectivity index (χ3v) is 3.43. The van der Waals surface area contributed by atoms with E-state index in [9.17, 15) is 4.79 Å². The van der Waals surface area contributed by atoms with Crippen molar-refractivity contribution >= 4 is 5.91 Å². The second-order valence-electron chi connectivity index (χ2n) is 4.58. The Morgan fingerprint density at radius 2 is 2.00 bits per heavy atom. The van der Waals surface area contributed by atoms with E-state index in [4.69, 9.17) is 0 Å². The molecule has 0 aliphatic carbocycles. The molecule has 1 N–H and O–H groups in total. The van der Waals surface area contributed by atoms with Crippen LogP contribution in [-0.2, 0) is 13.0 Å². The number of amides is 1. The van der Waals surface area contributed by atoms with Gasteiger partial charge in [-0.25, -0.2) is 0 Å². The summed E-state index contributed by atoms with van der Waals surface area (Å²) in [5, 5.41) is 7.40. The van der Waals surface area contributed by atoms with Gasteiger partial charge in [0.25, 0.3) is 5.91 Å². The van der Waals surface area contributed by atoms with Gasteiger partial charge in [-0.3, -0.25) is 9.48 Å². The van der Waals surface area contributed by atoms with Gasteiger partial charge in [-0.05, 0) is 25.3 Å². The van der Waals surface area contributed by atoms with Crippen molar-refractivity contribution in [3.05, 3.63) is 17.5 Å². The maximum atomic E-state index is 12.1. The molecule has 0 saturated heterocycles. The van der Waals surface area contributed by atoms with Gasteiger partial charge in [0.15, 0.2) is 0 Å². The van der Waals surface area contributed by atoms with Crippen LogP contribution in [0.2, 0.25) is 0 Å². The molecular weight excluding hydrogens is 226 g/mol. The summed E-state index contributed by atoms with van der Waals surface area (Å²) in [6.45, 7) is 9.85. The molecular formula is C14H25N3O. The molecule has 0 aliphatic heterocycles. The minimum absolute atomic E-state index is 0.00375. The first kappa shape index (κ1) is 14.7. The molecule has 1 aromatic rings. The molecule has 0 aliphatic rings. The van der Waals surface area contributed by atoms with Crippen molar-refractivity contribution in [3.63, 3.8) is 0 Å². The molecule has 0 unspecified atom stereocenters. The smallest absolute Gasteiger partial charge is 0.269 e.